The van der Waals surface area contributed by atoms with Crippen molar-refractivity contribution in [2.45, 2.75) is 12.8 Å². The molecule has 2 aromatic heterocycles. The predicted molar refractivity (Wildman–Crippen MR) is 88.7 cm³/mol. The molecule has 0 spiro atoms. The highest BCUT2D eigenvalue weighted by atomic mass is 79.9. The average molecular weight is 440 g/mol. The lowest BCUT2D eigenvalue weighted by molar-refractivity contribution is 0.0571. The van der Waals surface area contributed by atoms with Crippen molar-refractivity contribution >= 4 is 60.7 Å². The van der Waals surface area contributed by atoms with E-state index in [4.69, 9.17) is 9.47 Å². The Morgan fingerprint density at radius 1 is 0.900 bits per heavy atom. The van der Waals surface area contributed by atoms with Gasteiger partial charge < -0.3 is 9.47 Å². The number of ether oxygens (including phenoxy) is 2. The summed E-state index contributed by atoms with van der Waals surface area (Å²) in [6.45, 7) is 0.687. The number of halogens is 2. The second-order valence-electron chi connectivity index (χ2n) is 3.86. The van der Waals surface area contributed by atoms with Crippen LogP contribution in [0.15, 0.2) is 31.8 Å². The molecule has 0 N–H and O–H groups in total. The fourth-order valence-corrected chi connectivity index (χ4v) is 4.41. The second kappa shape index (κ2) is 8.17. The van der Waals surface area contributed by atoms with Gasteiger partial charge in [-0.05, 0) is 56.1 Å². The minimum atomic E-state index is -0.601. The van der Waals surface area contributed by atoms with Crippen LogP contribution in [0.25, 0.3) is 0 Å². The zero-order valence-electron chi connectivity index (χ0n) is 10.4. The molecule has 0 saturated carbocycles. The molecule has 2 aromatic rings. The van der Waals surface area contributed by atoms with Gasteiger partial charge in [0.05, 0.1) is 20.8 Å². The highest BCUT2D eigenvalue weighted by Gasteiger charge is 2.06. The van der Waals surface area contributed by atoms with E-state index in [0.29, 0.717) is 26.1 Å². The first-order chi connectivity index (χ1) is 9.63. The molecule has 3 nitrogen and oxygen atoms in total. The van der Waals surface area contributed by atoms with Crippen molar-refractivity contribution in [3.8, 4) is 0 Å². The molecular formula is C13H12Br2O3S2. The minimum absolute atomic E-state index is 0.344. The maximum Gasteiger partial charge on any atom is 0.508 e. The maximum absolute atomic E-state index is 11.4. The van der Waals surface area contributed by atoms with Crippen LogP contribution in [0.5, 0.6) is 0 Å². The summed E-state index contributed by atoms with van der Waals surface area (Å²) in [6.07, 6.45) is 0.822. The van der Waals surface area contributed by atoms with Crippen LogP contribution in [0.3, 0.4) is 0 Å². The third-order valence-corrected chi connectivity index (χ3v) is 5.76. The van der Waals surface area contributed by atoms with E-state index in [1.165, 1.54) is 9.75 Å². The van der Waals surface area contributed by atoms with Crippen molar-refractivity contribution in [3.63, 3.8) is 0 Å². The molecule has 2 heterocycles. The molecule has 0 unspecified atom stereocenters. The third-order valence-electron chi connectivity index (χ3n) is 2.39. The molecule has 108 valence electrons. The van der Waals surface area contributed by atoms with Crippen molar-refractivity contribution in [2.75, 3.05) is 13.2 Å². The van der Waals surface area contributed by atoms with Crippen molar-refractivity contribution < 1.29 is 14.3 Å². The molecule has 0 aliphatic heterocycles. The fraction of sp³-hybridized carbons (Fsp3) is 0.308. The highest BCUT2D eigenvalue weighted by molar-refractivity contribution is 9.11. The van der Waals surface area contributed by atoms with Gasteiger partial charge in [-0.15, -0.1) is 22.7 Å². The van der Waals surface area contributed by atoms with Gasteiger partial charge in [0.15, 0.2) is 0 Å². The average Bonchev–Trinajstić information content (AvgIpc) is 2.99. The van der Waals surface area contributed by atoms with Gasteiger partial charge in [-0.1, -0.05) is 0 Å². The number of rotatable bonds is 6. The van der Waals surface area contributed by atoms with E-state index < -0.39 is 6.16 Å². The Morgan fingerprint density at radius 3 is 1.70 bits per heavy atom. The van der Waals surface area contributed by atoms with Crippen LogP contribution < -0.4 is 0 Å². The summed E-state index contributed by atoms with van der Waals surface area (Å²) in [4.78, 5) is 13.7. The number of hydrogen-bond donors (Lipinski definition) is 0. The van der Waals surface area contributed by atoms with Crippen LogP contribution in [-0.2, 0) is 22.3 Å². The molecule has 7 heteroatoms. The van der Waals surface area contributed by atoms with E-state index >= 15 is 0 Å². The summed E-state index contributed by atoms with van der Waals surface area (Å²) in [6, 6.07) is 7.99. The van der Waals surface area contributed by atoms with Gasteiger partial charge in [0.1, 0.15) is 0 Å². The Kier molecular flexibility index (Phi) is 6.54. The molecule has 0 saturated heterocycles. The summed E-state index contributed by atoms with van der Waals surface area (Å²) < 4.78 is 12.2. The second-order valence-corrected chi connectivity index (χ2v) is 8.95. The summed E-state index contributed by atoms with van der Waals surface area (Å²) in [5, 5.41) is 0. The number of hydrogen-bond acceptors (Lipinski definition) is 5. The topological polar surface area (TPSA) is 35.5 Å². The van der Waals surface area contributed by atoms with E-state index in [0.717, 1.165) is 7.57 Å². The van der Waals surface area contributed by atoms with E-state index in [1.54, 1.807) is 22.7 Å². The fourth-order valence-electron chi connectivity index (χ4n) is 1.48. The smallest absolute Gasteiger partial charge is 0.434 e. The lowest BCUT2D eigenvalue weighted by atomic mass is 10.4. The van der Waals surface area contributed by atoms with Crippen LogP contribution in [0.4, 0.5) is 4.79 Å². The molecule has 20 heavy (non-hydrogen) atoms. The van der Waals surface area contributed by atoms with Crippen LogP contribution in [0.1, 0.15) is 9.75 Å². The first kappa shape index (κ1) is 16.0. The zero-order chi connectivity index (χ0) is 14.4. The largest absolute Gasteiger partial charge is 0.508 e. The molecule has 0 aliphatic carbocycles. The van der Waals surface area contributed by atoms with Crippen molar-refractivity contribution in [3.05, 3.63) is 41.6 Å². The molecule has 0 fully saturated rings. The Morgan fingerprint density at radius 2 is 1.35 bits per heavy atom. The monoisotopic (exact) mass is 438 g/mol. The lowest BCUT2D eigenvalue weighted by Crippen LogP contribution is -2.11. The third kappa shape index (κ3) is 5.55. The first-order valence-electron chi connectivity index (χ1n) is 5.91. The molecule has 0 atom stereocenters. The molecular weight excluding hydrogens is 428 g/mol. The summed E-state index contributed by atoms with van der Waals surface area (Å²) in [7, 11) is 0. The van der Waals surface area contributed by atoms with Crippen molar-refractivity contribution in [1.82, 2.24) is 0 Å². The molecule has 0 radical (unpaired) electrons. The predicted octanol–water partition coefficient (Wildman–Crippen LogP) is 5.27. The van der Waals surface area contributed by atoms with Gasteiger partial charge in [0.2, 0.25) is 0 Å². The highest BCUT2D eigenvalue weighted by Crippen LogP contribution is 2.23. The van der Waals surface area contributed by atoms with Crippen LogP contribution in [0, 0.1) is 0 Å². The quantitative estimate of drug-likeness (QED) is 0.575. The Hall–Kier alpha value is -0.370. The molecule has 0 aliphatic rings. The minimum Gasteiger partial charge on any atom is -0.434 e. The number of carbonyl (C=O) groups excluding carboxylic acids is 1. The Labute approximate surface area is 142 Å². The maximum atomic E-state index is 11.4. The molecule has 0 bridgehead atoms. The van der Waals surface area contributed by atoms with Crippen molar-refractivity contribution in [2.24, 2.45) is 0 Å². The van der Waals surface area contributed by atoms with E-state index in [-0.39, 0.29) is 0 Å². The van der Waals surface area contributed by atoms with Gasteiger partial charge in [-0.3, -0.25) is 0 Å². The molecule has 0 amide bonds. The number of carbonyl (C=O) groups is 1. The van der Waals surface area contributed by atoms with Gasteiger partial charge in [0, 0.05) is 22.6 Å². The van der Waals surface area contributed by atoms with Crippen LogP contribution >= 0.6 is 54.5 Å². The summed E-state index contributed by atoms with van der Waals surface area (Å²) in [5.41, 5.74) is 0. The van der Waals surface area contributed by atoms with Crippen LogP contribution in [0.2, 0.25) is 0 Å². The summed E-state index contributed by atoms with van der Waals surface area (Å²) in [5.74, 6) is 0. The van der Waals surface area contributed by atoms with Gasteiger partial charge in [-0.2, -0.15) is 0 Å². The Balaban J connectivity index is 1.58. The normalized spacial score (nSPS) is 10.5. The van der Waals surface area contributed by atoms with Gasteiger partial charge in [-0.25, -0.2) is 4.79 Å². The van der Waals surface area contributed by atoms with Crippen LogP contribution in [-0.4, -0.2) is 19.4 Å². The van der Waals surface area contributed by atoms with E-state index in [9.17, 15) is 4.79 Å². The van der Waals surface area contributed by atoms with Gasteiger partial charge in [0.25, 0.3) is 0 Å². The van der Waals surface area contributed by atoms with Gasteiger partial charge >= 0.3 is 6.16 Å². The lowest BCUT2D eigenvalue weighted by Gasteiger charge is -2.04. The first-order valence-corrected chi connectivity index (χ1v) is 9.13. The zero-order valence-corrected chi connectivity index (χ0v) is 15.2. The standard InChI is InChI=1S/C13H12Br2O3S2/c14-11-3-1-9(19-11)5-7-17-13(16)18-8-6-10-2-4-12(15)20-10/h1-4H,5-8H2. The van der Waals surface area contributed by atoms with E-state index in [1.807, 2.05) is 24.3 Å². The number of thiophene rings is 2. The SMILES string of the molecule is O=C(OCCc1ccc(Br)s1)OCCc1ccc(Br)s1. The molecule has 0 aromatic carbocycles. The summed E-state index contributed by atoms with van der Waals surface area (Å²) >= 11 is 10.1. The molecule has 2 rings (SSSR count). The van der Waals surface area contributed by atoms with Crippen molar-refractivity contribution in [1.29, 1.82) is 0 Å². The Bertz CT molecular complexity index is 517. The van der Waals surface area contributed by atoms with E-state index in [2.05, 4.69) is 31.9 Å².